The molecule has 2 heterocycles. The molecule has 2 rings (SSSR count). The second kappa shape index (κ2) is 4.67. The molecule has 0 aliphatic carbocycles. The first-order chi connectivity index (χ1) is 8.69. The predicted molar refractivity (Wildman–Crippen MR) is 68.9 cm³/mol. The lowest BCUT2D eigenvalue weighted by Gasteiger charge is -2.36. The van der Waals surface area contributed by atoms with Gasteiger partial charge in [-0.2, -0.15) is 0 Å². The molecule has 3 atom stereocenters. The van der Waals surface area contributed by atoms with Crippen LogP contribution in [0.15, 0.2) is 0 Å². The fourth-order valence-corrected chi connectivity index (χ4v) is 2.86. The third-order valence-corrected chi connectivity index (χ3v) is 3.77. The number of hydrogen-bond donors (Lipinski definition) is 1. The number of rotatable bonds is 2. The van der Waals surface area contributed by atoms with Gasteiger partial charge in [-0.05, 0) is 34.1 Å². The van der Waals surface area contributed by atoms with Crippen molar-refractivity contribution in [2.24, 2.45) is 0 Å². The Hall–Kier alpha value is -1.30. The molecule has 0 aromatic rings. The van der Waals surface area contributed by atoms with Gasteiger partial charge in [0.25, 0.3) is 0 Å². The first-order valence-electron chi connectivity index (χ1n) is 6.67. The van der Waals surface area contributed by atoms with Crippen LogP contribution < -0.4 is 0 Å². The van der Waals surface area contributed by atoms with E-state index in [1.807, 2.05) is 25.7 Å². The Labute approximate surface area is 113 Å². The average molecular weight is 270 g/mol. The quantitative estimate of drug-likeness (QED) is 0.815. The molecule has 0 aromatic heterocycles. The van der Waals surface area contributed by atoms with E-state index in [-0.39, 0.29) is 18.2 Å². The van der Waals surface area contributed by atoms with E-state index in [2.05, 4.69) is 0 Å². The number of hydrogen-bond acceptors (Lipinski definition) is 4. The summed E-state index contributed by atoms with van der Waals surface area (Å²) in [7, 11) is 0. The standard InChI is InChI=1S/C13H22N2O4/c1-8(11(16)17)14-6-10-5-9(14)7-15(10)12(18)19-13(2,3)4/h8-10H,5-7H2,1-4H3,(H,16,17). The summed E-state index contributed by atoms with van der Waals surface area (Å²) < 4.78 is 5.37. The van der Waals surface area contributed by atoms with Crippen LogP contribution in [0.4, 0.5) is 4.79 Å². The number of fused-ring (bicyclic) bond motifs is 2. The average Bonchev–Trinajstić information content (AvgIpc) is 2.84. The number of carbonyl (C=O) groups excluding carboxylic acids is 1. The van der Waals surface area contributed by atoms with Gasteiger partial charge in [-0.15, -0.1) is 0 Å². The number of amides is 1. The number of aliphatic carboxylic acids is 1. The summed E-state index contributed by atoms with van der Waals surface area (Å²) in [5, 5.41) is 9.05. The van der Waals surface area contributed by atoms with Gasteiger partial charge in [-0.25, -0.2) is 4.79 Å². The Balaban J connectivity index is 1.96. The molecule has 1 amide bonds. The van der Waals surface area contributed by atoms with Crippen molar-refractivity contribution >= 4 is 12.1 Å². The summed E-state index contributed by atoms with van der Waals surface area (Å²) in [5.41, 5.74) is -0.493. The summed E-state index contributed by atoms with van der Waals surface area (Å²) in [6.07, 6.45) is 0.555. The van der Waals surface area contributed by atoms with Gasteiger partial charge in [0, 0.05) is 25.2 Å². The van der Waals surface area contributed by atoms with Gasteiger partial charge in [0.05, 0.1) is 0 Å². The summed E-state index contributed by atoms with van der Waals surface area (Å²) in [6.45, 7) is 8.42. The van der Waals surface area contributed by atoms with Crippen molar-refractivity contribution in [3.05, 3.63) is 0 Å². The third-order valence-electron chi connectivity index (χ3n) is 3.77. The van der Waals surface area contributed by atoms with Crippen LogP contribution >= 0.6 is 0 Å². The molecular weight excluding hydrogens is 248 g/mol. The van der Waals surface area contributed by atoms with Crippen molar-refractivity contribution in [1.29, 1.82) is 0 Å². The Morgan fingerprint density at radius 1 is 1.26 bits per heavy atom. The van der Waals surface area contributed by atoms with Crippen LogP contribution in [-0.2, 0) is 9.53 Å². The molecule has 1 N–H and O–H groups in total. The van der Waals surface area contributed by atoms with E-state index in [9.17, 15) is 9.59 Å². The maximum atomic E-state index is 12.0. The normalized spacial score (nSPS) is 28.5. The minimum atomic E-state index is -0.809. The van der Waals surface area contributed by atoms with Crippen LogP contribution in [0, 0.1) is 0 Å². The molecule has 0 spiro atoms. The first kappa shape index (κ1) is 14.1. The predicted octanol–water partition coefficient (Wildman–Crippen LogP) is 1.15. The highest BCUT2D eigenvalue weighted by molar-refractivity contribution is 5.73. The monoisotopic (exact) mass is 270 g/mol. The maximum absolute atomic E-state index is 12.0. The van der Waals surface area contributed by atoms with Crippen LogP contribution in [0.5, 0.6) is 0 Å². The molecule has 108 valence electrons. The Morgan fingerprint density at radius 2 is 1.89 bits per heavy atom. The Kier molecular flexibility index (Phi) is 3.47. The van der Waals surface area contributed by atoms with Gasteiger partial charge in [0.1, 0.15) is 11.6 Å². The number of likely N-dealkylation sites (tertiary alicyclic amines) is 2. The SMILES string of the molecule is CC(C(=O)O)N1CC2CC1CN2C(=O)OC(C)(C)C. The summed E-state index contributed by atoms with van der Waals surface area (Å²) in [6, 6.07) is -0.263. The first-order valence-corrected chi connectivity index (χ1v) is 6.67. The second-order valence-electron chi connectivity index (χ2n) is 6.39. The highest BCUT2D eigenvalue weighted by Gasteiger charge is 2.48. The van der Waals surface area contributed by atoms with Crippen molar-refractivity contribution in [2.45, 2.75) is 57.8 Å². The van der Waals surface area contributed by atoms with E-state index >= 15 is 0 Å². The van der Waals surface area contributed by atoms with E-state index in [1.165, 1.54) is 0 Å². The molecule has 0 radical (unpaired) electrons. The lowest BCUT2D eigenvalue weighted by molar-refractivity contribution is -0.143. The molecule has 2 aliphatic heterocycles. The van der Waals surface area contributed by atoms with Gasteiger partial charge in [0.2, 0.25) is 0 Å². The lowest BCUT2D eigenvalue weighted by atomic mass is 10.2. The highest BCUT2D eigenvalue weighted by Crippen LogP contribution is 2.33. The Bertz CT molecular complexity index is 391. The number of ether oxygens (including phenoxy) is 1. The number of carboxylic acids is 1. The van der Waals surface area contributed by atoms with Crippen molar-refractivity contribution in [3.8, 4) is 0 Å². The number of nitrogens with zero attached hydrogens (tertiary/aromatic N) is 2. The summed E-state index contributed by atoms with van der Waals surface area (Å²) in [4.78, 5) is 26.8. The molecule has 3 unspecified atom stereocenters. The highest BCUT2D eigenvalue weighted by atomic mass is 16.6. The number of piperazine rings is 1. The van der Waals surface area contributed by atoms with Crippen LogP contribution in [-0.4, -0.2) is 63.8 Å². The largest absolute Gasteiger partial charge is 0.480 e. The molecule has 6 heteroatoms. The van der Waals surface area contributed by atoms with Gasteiger partial charge >= 0.3 is 12.1 Å². The molecule has 2 aliphatic rings. The summed E-state index contributed by atoms with van der Waals surface area (Å²) in [5.74, 6) is -0.809. The molecule has 2 fully saturated rings. The van der Waals surface area contributed by atoms with Gasteiger partial charge < -0.3 is 14.7 Å². The van der Waals surface area contributed by atoms with E-state index in [0.717, 1.165) is 6.42 Å². The minimum Gasteiger partial charge on any atom is -0.480 e. The fourth-order valence-electron chi connectivity index (χ4n) is 2.86. The molecule has 0 saturated carbocycles. The molecular formula is C13H22N2O4. The summed E-state index contributed by atoms with van der Waals surface area (Å²) >= 11 is 0. The van der Waals surface area contributed by atoms with Crippen LogP contribution in [0.1, 0.15) is 34.1 Å². The number of carbonyl (C=O) groups is 2. The second-order valence-corrected chi connectivity index (χ2v) is 6.39. The Morgan fingerprint density at radius 3 is 2.32 bits per heavy atom. The zero-order valence-corrected chi connectivity index (χ0v) is 11.9. The van der Waals surface area contributed by atoms with Crippen LogP contribution in [0.25, 0.3) is 0 Å². The van der Waals surface area contributed by atoms with Gasteiger partial charge in [-0.1, -0.05) is 0 Å². The van der Waals surface area contributed by atoms with E-state index in [4.69, 9.17) is 9.84 Å². The van der Waals surface area contributed by atoms with Crippen LogP contribution in [0.2, 0.25) is 0 Å². The van der Waals surface area contributed by atoms with Gasteiger partial charge in [0.15, 0.2) is 0 Å². The zero-order valence-electron chi connectivity index (χ0n) is 11.9. The van der Waals surface area contributed by atoms with E-state index in [0.29, 0.717) is 13.1 Å². The van der Waals surface area contributed by atoms with Crippen molar-refractivity contribution in [1.82, 2.24) is 9.80 Å². The van der Waals surface area contributed by atoms with Crippen molar-refractivity contribution in [3.63, 3.8) is 0 Å². The zero-order chi connectivity index (χ0) is 14.4. The number of carboxylic acid groups (broad SMARTS) is 1. The van der Waals surface area contributed by atoms with Crippen LogP contribution in [0.3, 0.4) is 0 Å². The van der Waals surface area contributed by atoms with Crippen molar-refractivity contribution in [2.75, 3.05) is 13.1 Å². The topological polar surface area (TPSA) is 70.1 Å². The smallest absolute Gasteiger partial charge is 0.410 e. The van der Waals surface area contributed by atoms with E-state index < -0.39 is 17.6 Å². The minimum absolute atomic E-state index is 0.0849. The lowest BCUT2D eigenvalue weighted by Crippen LogP contribution is -2.53. The maximum Gasteiger partial charge on any atom is 0.410 e. The third kappa shape index (κ3) is 2.83. The molecule has 0 aromatic carbocycles. The molecule has 2 bridgehead atoms. The fraction of sp³-hybridized carbons (Fsp3) is 0.846. The van der Waals surface area contributed by atoms with Crippen molar-refractivity contribution < 1.29 is 19.4 Å². The molecule has 6 nitrogen and oxygen atoms in total. The van der Waals surface area contributed by atoms with Gasteiger partial charge in [-0.3, -0.25) is 9.69 Å². The van der Waals surface area contributed by atoms with E-state index in [1.54, 1.807) is 11.8 Å². The molecule has 2 saturated heterocycles. The molecule has 19 heavy (non-hydrogen) atoms.